The van der Waals surface area contributed by atoms with Crippen LogP contribution in [0.5, 0.6) is 0 Å². The first-order valence-corrected chi connectivity index (χ1v) is 8.76. The number of hydrogen-bond acceptors (Lipinski definition) is 4. The van der Waals surface area contributed by atoms with Crippen LogP contribution in [0.1, 0.15) is 18.1 Å². The number of tetrazole rings is 1. The lowest BCUT2D eigenvalue weighted by atomic mass is 10.1. The van der Waals surface area contributed by atoms with E-state index in [1.165, 1.54) is 10.4 Å². The maximum atomic E-state index is 12.3. The first-order chi connectivity index (χ1) is 12.5. The van der Waals surface area contributed by atoms with Crippen molar-refractivity contribution in [3.8, 4) is 11.4 Å². The Bertz CT molecular complexity index is 891. The molecular formula is C19H20ClN5O. The second-order valence-electron chi connectivity index (χ2n) is 6.24. The van der Waals surface area contributed by atoms with Gasteiger partial charge in [0.05, 0.1) is 12.5 Å². The molecule has 1 aromatic heterocycles. The highest BCUT2D eigenvalue weighted by Gasteiger charge is 2.16. The number of aryl methyl sites for hydroxylation is 1. The smallest absolute Gasteiger partial charge is 0.225 e. The number of rotatable bonds is 6. The Balaban J connectivity index is 1.57. The number of carbonyl (C=O) groups is 1. The normalized spacial score (nSPS) is 12.0. The van der Waals surface area contributed by atoms with Gasteiger partial charge >= 0.3 is 0 Å². The maximum absolute atomic E-state index is 12.3. The molecule has 0 saturated carbocycles. The van der Waals surface area contributed by atoms with Crippen LogP contribution in [-0.4, -0.2) is 26.1 Å². The Morgan fingerprint density at radius 1 is 1.19 bits per heavy atom. The second-order valence-corrected chi connectivity index (χ2v) is 6.65. The van der Waals surface area contributed by atoms with Crippen LogP contribution in [0.25, 0.3) is 11.4 Å². The van der Waals surface area contributed by atoms with Crippen molar-refractivity contribution < 1.29 is 4.79 Å². The van der Waals surface area contributed by atoms with Crippen LogP contribution < -0.4 is 5.32 Å². The zero-order valence-corrected chi connectivity index (χ0v) is 15.4. The molecule has 1 N–H and O–H groups in total. The van der Waals surface area contributed by atoms with Gasteiger partial charge in [0.15, 0.2) is 0 Å². The van der Waals surface area contributed by atoms with E-state index in [9.17, 15) is 4.79 Å². The average molecular weight is 370 g/mol. The summed E-state index contributed by atoms with van der Waals surface area (Å²) in [6.45, 7) is 4.60. The van der Waals surface area contributed by atoms with E-state index in [-0.39, 0.29) is 11.8 Å². The third kappa shape index (κ3) is 4.46. The fourth-order valence-corrected chi connectivity index (χ4v) is 2.67. The Morgan fingerprint density at radius 3 is 2.65 bits per heavy atom. The fraction of sp³-hybridized carbons (Fsp3) is 0.263. The van der Waals surface area contributed by atoms with Gasteiger partial charge in [-0.1, -0.05) is 66.6 Å². The van der Waals surface area contributed by atoms with Crippen molar-refractivity contribution in [2.45, 2.75) is 26.9 Å². The van der Waals surface area contributed by atoms with Crippen molar-refractivity contribution >= 4 is 17.5 Å². The van der Waals surface area contributed by atoms with E-state index >= 15 is 0 Å². The van der Waals surface area contributed by atoms with E-state index in [1.807, 2.05) is 56.3 Å². The monoisotopic (exact) mass is 369 g/mol. The molecule has 0 aliphatic carbocycles. The zero-order chi connectivity index (χ0) is 18.5. The Kier molecular flexibility index (Phi) is 5.63. The molecule has 1 atom stereocenters. The molecule has 0 bridgehead atoms. The van der Waals surface area contributed by atoms with Crippen molar-refractivity contribution in [2.24, 2.45) is 5.92 Å². The highest BCUT2D eigenvalue weighted by Crippen LogP contribution is 2.15. The van der Waals surface area contributed by atoms with Crippen LogP contribution in [0.4, 0.5) is 0 Å². The van der Waals surface area contributed by atoms with Gasteiger partial charge in [0.25, 0.3) is 0 Å². The van der Waals surface area contributed by atoms with Gasteiger partial charge < -0.3 is 5.32 Å². The van der Waals surface area contributed by atoms with Crippen molar-refractivity contribution in [3.63, 3.8) is 0 Å². The third-order valence-electron chi connectivity index (χ3n) is 4.06. The predicted molar refractivity (Wildman–Crippen MR) is 100 cm³/mol. The lowest BCUT2D eigenvalue weighted by Gasteiger charge is -2.12. The lowest BCUT2D eigenvalue weighted by molar-refractivity contribution is -0.125. The summed E-state index contributed by atoms with van der Waals surface area (Å²) in [4.78, 5) is 13.8. The summed E-state index contributed by atoms with van der Waals surface area (Å²) in [5.74, 6) is 0.172. The number of halogens is 1. The van der Waals surface area contributed by atoms with Gasteiger partial charge in [-0.3, -0.25) is 4.79 Å². The van der Waals surface area contributed by atoms with Crippen molar-refractivity contribution in [1.82, 2.24) is 25.5 Å². The molecule has 0 aliphatic heterocycles. The molecular weight excluding hydrogens is 350 g/mol. The number of nitrogens with zero attached hydrogens (tertiary/aromatic N) is 4. The predicted octanol–water partition coefficient (Wildman–Crippen LogP) is 3.25. The number of benzene rings is 2. The number of amides is 1. The summed E-state index contributed by atoms with van der Waals surface area (Å²) in [5, 5.41) is 16.0. The zero-order valence-electron chi connectivity index (χ0n) is 14.7. The maximum Gasteiger partial charge on any atom is 0.225 e. The third-order valence-corrected chi connectivity index (χ3v) is 4.43. The van der Waals surface area contributed by atoms with E-state index in [1.54, 1.807) is 6.07 Å². The number of aromatic nitrogens is 4. The van der Waals surface area contributed by atoms with E-state index in [2.05, 4.69) is 20.7 Å². The van der Waals surface area contributed by atoms with Crippen LogP contribution in [0, 0.1) is 12.8 Å². The average Bonchev–Trinajstić information content (AvgIpc) is 3.09. The quantitative estimate of drug-likeness (QED) is 0.723. The molecule has 0 aliphatic rings. The fourth-order valence-electron chi connectivity index (χ4n) is 2.46. The lowest BCUT2D eigenvalue weighted by Crippen LogP contribution is -2.31. The SMILES string of the molecule is Cc1ccc(-c2nnn(CC(C)C(=O)NCc3ccccc3Cl)n2)cc1. The standard InChI is InChI=1S/C19H20ClN5O/c1-13-7-9-15(10-8-13)18-22-24-25(23-18)12-14(2)19(26)21-11-16-5-3-4-6-17(16)20/h3-10,14H,11-12H2,1-2H3,(H,21,26). The number of hydrogen-bond donors (Lipinski definition) is 1. The van der Waals surface area contributed by atoms with E-state index < -0.39 is 0 Å². The molecule has 0 fully saturated rings. The van der Waals surface area contributed by atoms with E-state index in [0.29, 0.717) is 23.9 Å². The van der Waals surface area contributed by atoms with Crippen molar-refractivity contribution in [3.05, 3.63) is 64.7 Å². The summed E-state index contributed by atoms with van der Waals surface area (Å²) >= 11 is 6.10. The van der Waals surface area contributed by atoms with Gasteiger partial charge in [-0.25, -0.2) is 0 Å². The molecule has 1 amide bonds. The number of carbonyl (C=O) groups excluding carboxylic acids is 1. The molecule has 1 heterocycles. The second kappa shape index (κ2) is 8.10. The molecule has 26 heavy (non-hydrogen) atoms. The van der Waals surface area contributed by atoms with Gasteiger partial charge in [0.2, 0.25) is 11.7 Å². The van der Waals surface area contributed by atoms with Gasteiger partial charge in [0.1, 0.15) is 0 Å². The van der Waals surface area contributed by atoms with Crippen LogP contribution in [0.2, 0.25) is 5.02 Å². The number of nitrogens with one attached hydrogen (secondary N) is 1. The van der Waals surface area contributed by atoms with Gasteiger partial charge in [-0.2, -0.15) is 4.80 Å². The molecule has 6 nitrogen and oxygen atoms in total. The Morgan fingerprint density at radius 2 is 1.92 bits per heavy atom. The molecule has 0 spiro atoms. The molecule has 1 unspecified atom stereocenters. The molecule has 3 aromatic rings. The highest BCUT2D eigenvalue weighted by molar-refractivity contribution is 6.31. The topological polar surface area (TPSA) is 72.7 Å². The summed E-state index contributed by atoms with van der Waals surface area (Å²) < 4.78 is 0. The Labute approximate surface area is 157 Å². The van der Waals surface area contributed by atoms with Gasteiger partial charge in [-0.15, -0.1) is 10.2 Å². The Hall–Kier alpha value is -2.73. The molecule has 3 rings (SSSR count). The minimum absolute atomic E-state index is 0.0842. The summed E-state index contributed by atoms with van der Waals surface area (Å²) in [7, 11) is 0. The highest BCUT2D eigenvalue weighted by atomic mass is 35.5. The van der Waals surface area contributed by atoms with E-state index in [4.69, 9.17) is 11.6 Å². The molecule has 2 aromatic carbocycles. The molecule has 0 radical (unpaired) electrons. The molecule has 7 heteroatoms. The summed E-state index contributed by atoms with van der Waals surface area (Å²) in [6.07, 6.45) is 0. The largest absolute Gasteiger partial charge is 0.352 e. The molecule has 0 saturated heterocycles. The minimum Gasteiger partial charge on any atom is -0.352 e. The van der Waals surface area contributed by atoms with Crippen LogP contribution in [0.15, 0.2) is 48.5 Å². The molecule has 134 valence electrons. The van der Waals surface area contributed by atoms with Crippen LogP contribution in [0.3, 0.4) is 0 Å². The summed E-state index contributed by atoms with van der Waals surface area (Å²) in [5.41, 5.74) is 2.96. The van der Waals surface area contributed by atoms with E-state index in [0.717, 1.165) is 11.1 Å². The van der Waals surface area contributed by atoms with Gasteiger partial charge in [0, 0.05) is 17.1 Å². The van der Waals surface area contributed by atoms with Crippen molar-refractivity contribution in [2.75, 3.05) is 0 Å². The minimum atomic E-state index is -0.294. The van der Waals surface area contributed by atoms with Gasteiger partial charge in [-0.05, 0) is 23.8 Å². The first kappa shape index (κ1) is 18.1. The van der Waals surface area contributed by atoms with Crippen LogP contribution in [-0.2, 0) is 17.9 Å². The van der Waals surface area contributed by atoms with Crippen LogP contribution >= 0.6 is 11.6 Å². The summed E-state index contributed by atoms with van der Waals surface area (Å²) in [6, 6.07) is 15.4. The first-order valence-electron chi connectivity index (χ1n) is 8.39. The van der Waals surface area contributed by atoms with Crippen molar-refractivity contribution in [1.29, 1.82) is 0 Å².